The van der Waals surface area contributed by atoms with Gasteiger partial charge in [-0.25, -0.2) is 0 Å². The van der Waals surface area contributed by atoms with Gasteiger partial charge in [0.05, 0.1) is 5.69 Å². The highest BCUT2D eigenvalue weighted by molar-refractivity contribution is 5.63. The van der Waals surface area contributed by atoms with Crippen molar-refractivity contribution in [2.45, 2.75) is 6.54 Å². The number of hydrogen-bond donors (Lipinski definition) is 1. The van der Waals surface area contributed by atoms with Crippen LogP contribution in [0.2, 0.25) is 0 Å². The molecule has 0 amide bonds. The lowest BCUT2D eigenvalue weighted by molar-refractivity contribution is 0.770. The number of aryl methyl sites for hydroxylation is 1. The Hall–Kier alpha value is -4.00. The van der Waals surface area contributed by atoms with Crippen LogP contribution < -0.4 is 5.32 Å². The topological polar surface area (TPSA) is 72.9 Å². The van der Waals surface area contributed by atoms with Crippen LogP contribution in [0.5, 0.6) is 0 Å². The van der Waals surface area contributed by atoms with Gasteiger partial charge < -0.3 is 5.32 Å². The number of benzene rings is 2. The number of hydrogen-bond acceptors (Lipinski definition) is 5. The van der Waals surface area contributed by atoms with Crippen LogP contribution in [0.1, 0.15) is 5.56 Å². The standard InChI is InChI=1S/C22H19N7/c1-28-15-18(21(27-28)16-8-4-2-5-9-16)14-23-19-12-13-20-24-25-22(29(20)26-19)17-10-6-3-7-11-17/h2-13,15H,14H2,1H3,(H,23,26). The summed E-state index contributed by atoms with van der Waals surface area (Å²) in [6.45, 7) is 0.610. The molecule has 3 aromatic heterocycles. The second-order valence-corrected chi connectivity index (χ2v) is 6.77. The number of aromatic nitrogens is 6. The van der Waals surface area contributed by atoms with E-state index < -0.39 is 0 Å². The number of fused-ring (bicyclic) bond motifs is 1. The average molecular weight is 381 g/mol. The first-order valence-electron chi connectivity index (χ1n) is 9.37. The molecular formula is C22H19N7. The highest BCUT2D eigenvalue weighted by atomic mass is 15.4. The molecule has 7 heteroatoms. The molecule has 0 aliphatic heterocycles. The third-order valence-corrected chi connectivity index (χ3v) is 4.71. The van der Waals surface area contributed by atoms with Gasteiger partial charge in [0.1, 0.15) is 5.82 Å². The minimum atomic E-state index is 0.610. The quantitative estimate of drug-likeness (QED) is 0.501. The lowest BCUT2D eigenvalue weighted by atomic mass is 10.1. The fourth-order valence-electron chi connectivity index (χ4n) is 3.34. The van der Waals surface area contributed by atoms with Crippen molar-refractivity contribution in [3.05, 3.63) is 84.6 Å². The van der Waals surface area contributed by atoms with Crippen molar-refractivity contribution < 1.29 is 0 Å². The van der Waals surface area contributed by atoms with Crippen LogP contribution in [0, 0.1) is 0 Å². The first-order chi connectivity index (χ1) is 14.3. The highest BCUT2D eigenvalue weighted by Crippen LogP contribution is 2.23. The monoisotopic (exact) mass is 381 g/mol. The van der Waals surface area contributed by atoms with Crippen LogP contribution in [0.4, 0.5) is 5.82 Å². The predicted octanol–water partition coefficient (Wildman–Crippen LogP) is 3.80. The normalized spacial score (nSPS) is 11.1. The van der Waals surface area contributed by atoms with Gasteiger partial charge in [-0.2, -0.15) is 9.61 Å². The summed E-state index contributed by atoms with van der Waals surface area (Å²) in [5.74, 6) is 1.47. The zero-order valence-electron chi connectivity index (χ0n) is 15.9. The molecule has 0 aliphatic carbocycles. The maximum atomic E-state index is 4.69. The molecular weight excluding hydrogens is 362 g/mol. The van der Waals surface area contributed by atoms with Crippen LogP contribution in [0.25, 0.3) is 28.3 Å². The molecule has 0 radical (unpaired) electrons. The van der Waals surface area contributed by atoms with E-state index in [4.69, 9.17) is 0 Å². The Kier molecular flexibility index (Phi) is 4.25. The van der Waals surface area contributed by atoms with E-state index in [1.165, 1.54) is 0 Å². The molecule has 0 atom stereocenters. The van der Waals surface area contributed by atoms with E-state index >= 15 is 0 Å². The lowest BCUT2D eigenvalue weighted by Gasteiger charge is -2.07. The number of nitrogens with zero attached hydrogens (tertiary/aromatic N) is 6. The molecule has 5 rings (SSSR count). The van der Waals surface area contributed by atoms with Gasteiger partial charge in [-0.1, -0.05) is 60.7 Å². The zero-order valence-corrected chi connectivity index (χ0v) is 15.9. The second kappa shape index (κ2) is 7.20. The van der Waals surface area contributed by atoms with Gasteiger partial charge in [-0.05, 0) is 12.1 Å². The summed E-state index contributed by atoms with van der Waals surface area (Å²) in [6.07, 6.45) is 2.03. The van der Waals surface area contributed by atoms with Crippen LogP contribution in [0.15, 0.2) is 79.0 Å². The smallest absolute Gasteiger partial charge is 0.185 e. The summed E-state index contributed by atoms with van der Waals surface area (Å²) >= 11 is 0. The molecule has 0 bridgehead atoms. The van der Waals surface area contributed by atoms with Crippen molar-refractivity contribution >= 4 is 11.5 Å². The van der Waals surface area contributed by atoms with Crippen molar-refractivity contribution in [1.29, 1.82) is 0 Å². The van der Waals surface area contributed by atoms with Gasteiger partial charge >= 0.3 is 0 Å². The number of anilines is 1. The molecule has 142 valence electrons. The third-order valence-electron chi connectivity index (χ3n) is 4.71. The molecule has 0 unspecified atom stereocenters. The van der Waals surface area contributed by atoms with Crippen molar-refractivity contribution in [3.63, 3.8) is 0 Å². The second-order valence-electron chi connectivity index (χ2n) is 6.77. The van der Waals surface area contributed by atoms with Crippen LogP contribution in [-0.2, 0) is 13.6 Å². The molecule has 0 fully saturated rings. The lowest BCUT2D eigenvalue weighted by Crippen LogP contribution is -2.05. The molecule has 29 heavy (non-hydrogen) atoms. The summed E-state index contributed by atoms with van der Waals surface area (Å²) in [7, 11) is 1.93. The van der Waals surface area contributed by atoms with Gasteiger partial charge in [0.2, 0.25) is 0 Å². The van der Waals surface area contributed by atoms with E-state index in [1.54, 1.807) is 4.52 Å². The van der Waals surface area contributed by atoms with Crippen molar-refractivity contribution in [2.75, 3.05) is 5.32 Å². The maximum absolute atomic E-state index is 4.69. The average Bonchev–Trinajstić information content (AvgIpc) is 3.36. The largest absolute Gasteiger partial charge is 0.364 e. The fourth-order valence-corrected chi connectivity index (χ4v) is 3.34. The van der Waals surface area contributed by atoms with E-state index in [1.807, 2.05) is 78.6 Å². The molecule has 2 aromatic carbocycles. The first kappa shape index (κ1) is 17.1. The van der Waals surface area contributed by atoms with Gasteiger partial charge in [0.15, 0.2) is 11.5 Å². The first-order valence-corrected chi connectivity index (χ1v) is 9.37. The van der Waals surface area contributed by atoms with E-state index in [0.29, 0.717) is 12.2 Å². The van der Waals surface area contributed by atoms with Gasteiger partial charge in [0.25, 0.3) is 0 Å². The van der Waals surface area contributed by atoms with E-state index in [9.17, 15) is 0 Å². The molecule has 1 N–H and O–H groups in total. The Labute approximate surface area is 167 Å². The van der Waals surface area contributed by atoms with Crippen molar-refractivity contribution in [2.24, 2.45) is 7.05 Å². The summed E-state index contributed by atoms with van der Waals surface area (Å²) < 4.78 is 3.60. The van der Waals surface area contributed by atoms with Gasteiger partial charge in [-0.15, -0.1) is 15.3 Å². The molecule has 3 heterocycles. The molecule has 0 saturated carbocycles. The van der Waals surface area contributed by atoms with Crippen molar-refractivity contribution in [1.82, 2.24) is 29.6 Å². The minimum Gasteiger partial charge on any atom is -0.364 e. The SMILES string of the molecule is Cn1cc(CNc2ccc3nnc(-c4ccccc4)n3n2)c(-c2ccccc2)n1. The van der Waals surface area contributed by atoms with E-state index in [2.05, 4.69) is 37.8 Å². The van der Waals surface area contributed by atoms with E-state index in [0.717, 1.165) is 34.0 Å². The van der Waals surface area contributed by atoms with Crippen LogP contribution in [-0.4, -0.2) is 29.6 Å². The Morgan fingerprint density at radius 3 is 2.28 bits per heavy atom. The zero-order chi connectivity index (χ0) is 19.6. The highest BCUT2D eigenvalue weighted by Gasteiger charge is 2.12. The Morgan fingerprint density at radius 2 is 1.52 bits per heavy atom. The Balaban J connectivity index is 1.44. The molecule has 5 aromatic rings. The predicted molar refractivity (Wildman–Crippen MR) is 112 cm³/mol. The van der Waals surface area contributed by atoms with Gasteiger partial charge in [0, 0.05) is 36.5 Å². The summed E-state index contributed by atoms with van der Waals surface area (Å²) in [5.41, 5.74) is 4.85. The Bertz CT molecular complexity index is 1260. The molecule has 7 nitrogen and oxygen atoms in total. The summed E-state index contributed by atoms with van der Waals surface area (Å²) in [5, 5.41) is 21.2. The molecule has 0 aliphatic rings. The number of nitrogens with one attached hydrogen (secondary N) is 1. The van der Waals surface area contributed by atoms with Crippen LogP contribution in [0.3, 0.4) is 0 Å². The van der Waals surface area contributed by atoms with Crippen LogP contribution >= 0.6 is 0 Å². The van der Waals surface area contributed by atoms with E-state index in [-0.39, 0.29) is 0 Å². The summed E-state index contributed by atoms with van der Waals surface area (Å²) in [6, 6.07) is 23.9. The maximum Gasteiger partial charge on any atom is 0.185 e. The van der Waals surface area contributed by atoms with Gasteiger partial charge in [-0.3, -0.25) is 4.68 Å². The minimum absolute atomic E-state index is 0.610. The number of rotatable bonds is 5. The Morgan fingerprint density at radius 1 is 0.793 bits per heavy atom. The fraction of sp³-hybridized carbons (Fsp3) is 0.0909. The third kappa shape index (κ3) is 3.34. The molecule has 0 spiro atoms. The molecule has 0 saturated heterocycles. The summed E-state index contributed by atoms with van der Waals surface area (Å²) in [4.78, 5) is 0. The van der Waals surface area contributed by atoms with Crippen molar-refractivity contribution in [3.8, 4) is 22.6 Å².